The molecule has 2 heterocycles. The summed E-state index contributed by atoms with van der Waals surface area (Å²) in [5, 5.41) is 2.96. The molecule has 1 aliphatic rings. The predicted molar refractivity (Wildman–Crippen MR) is 92.7 cm³/mol. The fraction of sp³-hybridized carbons (Fsp3) is 0.389. The molecule has 0 unspecified atom stereocenters. The Labute approximate surface area is 147 Å². The molecule has 0 radical (unpaired) electrons. The second-order valence-corrected chi connectivity index (χ2v) is 5.84. The van der Waals surface area contributed by atoms with Gasteiger partial charge in [-0.2, -0.15) is 0 Å². The number of carbonyl (C=O) groups excluding carboxylic acids is 1. The molecule has 1 N–H and O–H groups in total. The Bertz CT molecular complexity index is 678. The van der Waals surface area contributed by atoms with E-state index in [1.54, 1.807) is 30.5 Å². The molecule has 1 aromatic heterocycles. The summed E-state index contributed by atoms with van der Waals surface area (Å²) in [6, 6.07) is 9.89. The van der Waals surface area contributed by atoms with Crippen molar-refractivity contribution in [1.29, 1.82) is 0 Å². The highest BCUT2D eigenvalue weighted by molar-refractivity contribution is 5.74. The Morgan fingerprint density at radius 3 is 2.76 bits per heavy atom. The first-order valence-corrected chi connectivity index (χ1v) is 8.34. The van der Waals surface area contributed by atoms with Gasteiger partial charge in [0.05, 0.1) is 13.7 Å². The quantitative estimate of drug-likeness (QED) is 0.867. The van der Waals surface area contributed by atoms with Crippen molar-refractivity contribution >= 4 is 6.03 Å². The maximum Gasteiger partial charge on any atom is 0.317 e. The first-order valence-electron chi connectivity index (χ1n) is 8.34. The molecule has 25 heavy (non-hydrogen) atoms. The van der Waals surface area contributed by atoms with Crippen LogP contribution in [0.1, 0.15) is 12.0 Å². The molecule has 7 nitrogen and oxygen atoms in total. The number of nitrogens with one attached hydrogen (secondary N) is 1. The number of ether oxygens (including phenoxy) is 2. The van der Waals surface area contributed by atoms with E-state index in [4.69, 9.17) is 9.47 Å². The maximum atomic E-state index is 12.2. The van der Waals surface area contributed by atoms with Gasteiger partial charge in [-0.1, -0.05) is 12.1 Å². The lowest BCUT2D eigenvalue weighted by atomic mass is 10.1. The zero-order valence-corrected chi connectivity index (χ0v) is 14.2. The van der Waals surface area contributed by atoms with Gasteiger partial charge in [0, 0.05) is 31.9 Å². The Balaban J connectivity index is 1.40. The third kappa shape index (κ3) is 4.82. The van der Waals surface area contributed by atoms with Gasteiger partial charge < -0.3 is 19.7 Å². The zero-order chi connectivity index (χ0) is 17.5. The highest BCUT2D eigenvalue weighted by Gasteiger charge is 2.27. The number of hydrogen-bond donors (Lipinski definition) is 1. The SMILES string of the molecule is COc1ccc(CCNC(=O)N2CC[C@@H](Oc3ncccn3)C2)cc1. The van der Waals surface area contributed by atoms with Crippen molar-refractivity contribution in [3.63, 3.8) is 0 Å². The Hall–Kier alpha value is -2.83. The second-order valence-electron chi connectivity index (χ2n) is 5.84. The predicted octanol–water partition coefficient (Wildman–Crippen LogP) is 1.89. The molecule has 0 saturated carbocycles. The first-order chi connectivity index (χ1) is 12.2. The number of carbonyl (C=O) groups is 1. The lowest BCUT2D eigenvalue weighted by Gasteiger charge is -2.17. The molecule has 2 aromatic rings. The summed E-state index contributed by atoms with van der Waals surface area (Å²) in [7, 11) is 1.65. The molecule has 1 fully saturated rings. The molecule has 0 bridgehead atoms. The molecule has 1 aliphatic heterocycles. The highest BCUT2D eigenvalue weighted by Crippen LogP contribution is 2.15. The van der Waals surface area contributed by atoms with E-state index in [2.05, 4.69) is 15.3 Å². The minimum atomic E-state index is -0.0615. The Morgan fingerprint density at radius 2 is 2.04 bits per heavy atom. The lowest BCUT2D eigenvalue weighted by molar-refractivity contribution is 0.178. The second kappa shape index (κ2) is 8.32. The van der Waals surface area contributed by atoms with E-state index in [0.29, 0.717) is 25.6 Å². The van der Waals surface area contributed by atoms with Crippen LogP contribution < -0.4 is 14.8 Å². The van der Waals surface area contributed by atoms with Gasteiger partial charge in [0.25, 0.3) is 0 Å². The van der Waals surface area contributed by atoms with Crippen LogP contribution in [0.15, 0.2) is 42.7 Å². The topological polar surface area (TPSA) is 76.6 Å². The molecular weight excluding hydrogens is 320 g/mol. The number of likely N-dealkylation sites (tertiary alicyclic amines) is 1. The summed E-state index contributed by atoms with van der Waals surface area (Å²) in [6.07, 6.45) is 4.78. The van der Waals surface area contributed by atoms with E-state index < -0.39 is 0 Å². The van der Waals surface area contributed by atoms with Crippen LogP contribution in [0.2, 0.25) is 0 Å². The average Bonchev–Trinajstić information content (AvgIpc) is 3.12. The van der Waals surface area contributed by atoms with Crippen LogP contribution in [0.3, 0.4) is 0 Å². The van der Waals surface area contributed by atoms with E-state index in [-0.39, 0.29) is 12.1 Å². The van der Waals surface area contributed by atoms with E-state index in [1.165, 1.54) is 0 Å². The number of urea groups is 1. The van der Waals surface area contributed by atoms with E-state index >= 15 is 0 Å². The summed E-state index contributed by atoms with van der Waals surface area (Å²) < 4.78 is 10.8. The van der Waals surface area contributed by atoms with Gasteiger partial charge in [-0.05, 0) is 30.2 Å². The third-order valence-corrected chi connectivity index (χ3v) is 4.10. The average molecular weight is 342 g/mol. The van der Waals surface area contributed by atoms with Crippen LogP contribution in [-0.4, -0.2) is 53.7 Å². The van der Waals surface area contributed by atoms with Crippen molar-refractivity contribution in [2.24, 2.45) is 0 Å². The summed E-state index contributed by atoms with van der Waals surface area (Å²) >= 11 is 0. The molecule has 1 saturated heterocycles. The van der Waals surface area contributed by atoms with Crippen LogP contribution in [0.5, 0.6) is 11.8 Å². The van der Waals surface area contributed by atoms with Crippen LogP contribution in [0, 0.1) is 0 Å². The van der Waals surface area contributed by atoms with Crippen molar-refractivity contribution in [1.82, 2.24) is 20.2 Å². The maximum absolute atomic E-state index is 12.2. The highest BCUT2D eigenvalue weighted by atomic mass is 16.5. The Kier molecular flexibility index (Phi) is 5.66. The zero-order valence-electron chi connectivity index (χ0n) is 14.2. The molecule has 0 aliphatic carbocycles. The van der Waals surface area contributed by atoms with E-state index in [1.807, 2.05) is 24.3 Å². The van der Waals surface area contributed by atoms with Crippen molar-refractivity contribution in [3.8, 4) is 11.8 Å². The molecule has 1 atom stereocenters. The van der Waals surface area contributed by atoms with Gasteiger partial charge in [-0.3, -0.25) is 0 Å². The number of amides is 2. The number of benzene rings is 1. The summed E-state index contributed by atoms with van der Waals surface area (Å²) in [6.45, 7) is 1.81. The van der Waals surface area contributed by atoms with Crippen LogP contribution in [0.4, 0.5) is 4.79 Å². The molecule has 7 heteroatoms. The molecule has 132 valence electrons. The normalized spacial score (nSPS) is 16.5. The van der Waals surface area contributed by atoms with Crippen LogP contribution in [0.25, 0.3) is 0 Å². The molecular formula is C18H22N4O3. The van der Waals surface area contributed by atoms with Gasteiger partial charge in [-0.25, -0.2) is 14.8 Å². The van der Waals surface area contributed by atoms with Crippen LogP contribution >= 0.6 is 0 Å². The number of aromatic nitrogens is 2. The van der Waals surface area contributed by atoms with Gasteiger partial charge in [0.2, 0.25) is 0 Å². The number of hydrogen-bond acceptors (Lipinski definition) is 5. The fourth-order valence-electron chi connectivity index (χ4n) is 2.72. The van der Waals surface area contributed by atoms with E-state index in [9.17, 15) is 4.79 Å². The smallest absolute Gasteiger partial charge is 0.317 e. The van der Waals surface area contributed by atoms with Crippen molar-refractivity contribution < 1.29 is 14.3 Å². The van der Waals surface area contributed by atoms with E-state index in [0.717, 1.165) is 24.2 Å². The fourth-order valence-corrected chi connectivity index (χ4v) is 2.72. The van der Waals surface area contributed by atoms with Gasteiger partial charge in [-0.15, -0.1) is 0 Å². The number of methoxy groups -OCH3 is 1. The lowest BCUT2D eigenvalue weighted by Crippen LogP contribution is -2.40. The first kappa shape index (κ1) is 17.0. The summed E-state index contributed by atoms with van der Waals surface area (Å²) in [4.78, 5) is 22.1. The summed E-state index contributed by atoms with van der Waals surface area (Å²) in [5.41, 5.74) is 1.16. The van der Waals surface area contributed by atoms with Gasteiger partial charge >= 0.3 is 12.0 Å². The largest absolute Gasteiger partial charge is 0.497 e. The van der Waals surface area contributed by atoms with Crippen molar-refractivity contribution in [2.45, 2.75) is 18.9 Å². The molecule has 2 amide bonds. The minimum Gasteiger partial charge on any atom is -0.497 e. The third-order valence-electron chi connectivity index (χ3n) is 4.10. The molecule has 1 aromatic carbocycles. The number of nitrogens with zero attached hydrogens (tertiary/aromatic N) is 3. The minimum absolute atomic E-state index is 0.0604. The van der Waals surface area contributed by atoms with Gasteiger partial charge in [0.1, 0.15) is 11.9 Å². The van der Waals surface area contributed by atoms with Crippen molar-refractivity contribution in [2.75, 3.05) is 26.7 Å². The van der Waals surface area contributed by atoms with Crippen molar-refractivity contribution in [3.05, 3.63) is 48.3 Å². The Morgan fingerprint density at radius 1 is 1.28 bits per heavy atom. The number of rotatable bonds is 6. The van der Waals surface area contributed by atoms with Crippen LogP contribution in [-0.2, 0) is 6.42 Å². The molecule has 0 spiro atoms. The molecule has 3 rings (SSSR count). The summed E-state index contributed by atoms with van der Waals surface area (Å²) in [5.74, 6) is 0.832. The monoisotopic (exact) mass is 342 g/mol. The standard InChI is InChI=1S/C18H22N4O3/c1-24-15-5-3-14(4-6-15)7-11-21-18(23)22-12-8-16(13-22)25-17-19-9-2-10-20-17/h2-6,9-10,16H,7-8,11-13H2,1H3,(H,21,23)/t16-/m1/s1. The van der Waals surface area contributed by atoms with Gasteiger partial charge in [0.15, 0.2) is 0 Å².